The second-order valence-electron chi connectivity index (χ2n) is 3.13. The Bertz CT molecular complexity index is 592. The Labute approximate surface area is 95.6 Å². The largest absolute Gasteiger partial charge is 0.340 e. The van der Waals surface area contributed by atoms with E-state index in [0.717, 1.165) is 12.1 Å². The SMILES string of the molecule is N#Cc1nccc(Nc2ccc(F)c(F)c2)n1. The second-order valence-corrected chi connectivity index (χ2v) is 3.13. The molecule has 0 amide bonds. The molecule has 0 unspecified atom stereocenters. The van der Waals surface area contributed by atoms with Crippen LogP contribution in [0.25, 0.3) is 0 Å². The molecule has 1 aromatic heterocycles. The van der Waals surface area contributed by atoms with Crippen molar-refractivity contribution in [3.8, 4) is 6.07 Å². The van der Waals surface area contributed by atoms with Crippen LogP contribution in [0.5, 0.6) is 0 Å². The summed E-state index contributed by atoms with van der Waals surface area (Å²) in [5.41, 5.74) is 0.339. The summed E-state index contributed by atoms with van der Waals surface area (Å²) in [4.78, 5) is 7.52. The first-order valence-corrected chi connectivity index (χ1v) is 4.64. The van der Waals surface area contributed by atoms with Gasteiger partial charge in [0.25, 0.3) is 0 Å². The molecule has 0 bridgehead atoms. The molecule has 0 atom stereocenters. The maximum Gasteiger partial charge on any atom is 0.234 e. The summed E-state index contributed by atoms with van der Waals surface area (Å²) in [5, 5.41) is 11.3. The Kier molecular flexibility index (Phi) is 2.92. The third-order valence-corrected chi connectivity index (χ3v) is 1.95. The third kappa shape index (κ3) is 2.52. The molecule has 0 aliphatic rings. The van der Waals surface area contributed by atoms with Gasteiger partial charge in [-0.2, -0.15) is 5.26 Å². The number of halogens is 2. The smallest absolute Gasteiger partial charge is 0.234 e. The molecule has 6 heteroatoms. The zero-order chi connectivity index (χ0) is 12.3. The summed E-state index contributed by atoms with van der Waals surface area (Å²) in [5.74, 6) is -1.54. The van der Waals surface area contributed by atoms with Crippen molar-refractivity contribution in [3.63, 3.8) is 0 Å². The molecule has 1 heterocycles. The molecular formula is C11H6F2N4. The standard InChI is InChI=1S/C11H6F2N4/c12-8-2-1-7(5-9(8)13)16-10-3-4-15-11(6-14)17-10/h1-5H,(H,15,16,17). The van der Waals surface area contributed by atoms with E-state index in [1.807, 2.05) is 0 Å². The van der Waals surface area contributed by atoms with Gasteiger partial charge in [-0.25, -0.2) is 18.7 Å². The summed E-state index contributed by atoms with van der Waals surface area (Å²) >= 11 is 0. The van der Waals surface area contributed by atoms with E-state index in [4.69, 9.17) is 5.26 Å². The average Bonchev–Trinajstić information content (AvgIpc) is 2.34. The Morgan fingerprint density at radius 1 is 1.18 bits per heavy atom. The Morgan fingerprint density at radius 2 is 2.00 bits per heavy atom. The highest BCUT2D eigenvalue weighted by molar-refractivity contribution is 5.55. The quantitative estimate of drug-likeness (QED) is 0.863. The minimum Gasteiger partial charge on any atom is -0.340 e. The van der Waals surface area contributed by atoms with E-state index in [1.54, 1.807) is 6.07 Å². The minimum atomic E-state index is -0.954. The summed E-state index contributed by atoms with van der Waals surface area (Å²) in [7, 11) is 0. The van der Waals surface area contributed by atoms with E-state index in [0.29, 0.717) is 11.5 Å². The predicted octanol–water partition coefficient (Wildman–Crippen LogP) is 2.37. The van der Waals surface area contributed by atoms with Gasteiger partial charge < -0.3 is 5.32 Å². The van der Waals surface area contributed by atoms with Crippen LogP contribution in [-0.4, -0.2) is 9.97 Å². The van der Waals surface area contributed by atoms with Gasteiger partial charge in [-0.3, -0.25) is 0 Å². The molecule has 2 rings (SSSR count). The molecule has 84 valence electrons. The van der Waals surface area contributed by atoms with Crippen molar-refractivity contribution in [2.75, 3.05) is 5.32 Å². The number of hydrogen-bond donors (Lipinski definition) is 1. The first-order valence-electron chi connectivity index (χ1n) is 4.64. The van der Waals surface area contributed by atoms with E-state index in [-0.39, 0.29) is 5.82 Å². The van der Waals surface area contributed by atoms with E-state index < -0.39 is 11.6 Å². The Morgan fingerprint density at radius 3 is 2.71 bits per heavy atom. The number of nitriles is 1. The predicted molar refractivity (Wildman–Crippen MR) is 56.4 cm³/mol. The lowest BCUT2D eigenvalue weighted by Gasteiger charge is -2.05. The van der Waals surface area contributed by atoms with E-state index in [9.17, 15) is 8.78 Å². The highest BCUT2D eigenvalue weighted by Gasteiger charge is 2.03. The third-order valence-electron chi connectivity index (χ3n) is 1.95. The van der Waals surface area contributed by atoms with Crippen molar-refractivity contribution in [1.82, 2.24) is 9.97 Å². The van der Waals surface area contributed by atoms with Crippen LogP contribution < -0.4 is 5.32 Å². The number of aromatic nitrogens is 2. The first kappa shape index (κ1) is 11.0. The lowest BCUT2D eigenvalue weighted by Crippen LogP contribution is -1.97. The fourth-order valence-corrected chi connectivity index (χ4v) is 1.20. The molecular weight excluding hydrogens is 226 g/mol. The van der Waals surface area contributed by atoms with Gasteiger partial charge in [0, 0.05) is 18.0 Å². The highest BCUT2D eigenvalue weighted by Crippen LogP contribution is 2.17. The van der Waals surface area contributed by atoms with Crippen LogP contribution in [0.15, 0.2) is 30.5 Å². The van der Waals surface area contributed by atoms with Crippen LogP contribution in [0.3, 0.4) is 0 Å². The second kappa shape index (κ2) is 4.53. The minimum absolute atomic E-state index is 0.00224. The van der Waals surface area contributed by atoms with E-state index >= 15 is 0 Å². The van der Waals surface area contributed by atoms with E-state index in [1.165, 1.54) is 18.3 Å². The zero-order valence-corrected chi connectivity index (χ0v) is 8.48. The summed E-state index contributed by atoms with van der Waals surface area (Å²) in [6, 6.07) is 6.67. The van der Waals surface area contributed by atoms with Crippen LogP contribution >= 0.6 is 0 Å². The molecule has 0 spiro atoms. The summed E-state index contributed by atoms with van der Waals surface area (Å²) in [6.07, 6.45) is 1.40. The highest BCUT2D eigenvalue weighted by atomic mass is 19.2. The molecule has 0 saturated carbocycles. The number of benzene rings is 1. The molecule has 1 aromatic carbocycles. The van der Waals surface area contributed by atoms with Gasteiger partial charge >= 0.3 is 0 Å². The van der Waals surface area contributed by atoms with Crippen molar-refractivity contribution < 1.29 is 8.78 Å². The van der Waals surface area contributed by atoms with E-state index in [2.05, 4.69) is 15.3 Å². The Balaban J connectivity index is 2.25. The van der Waals surface area contributed by atoms with Crippen molar-refractivity contribution in [3.05, 3.63) is 47.9 Å². The zero-order valence-electron chi connectivity index (χ0n) is 8.48. The van der Waals surface area contributed by atoms with Crippen molar-refractivity contribution in [1.29, 1.82) is 5.26 Å². The van der Waals surface area contributed by atoms with Crippen LogP contribution in [0, 0.1) is 23.0 Å². The number of anilines is 2. The lowest BCUT2D eigenvalue weighted by atomic mass is 10.3. The molecule has 0 aliphatic heterocycles. The number of rotatable bonds is 2. The topological polar surface area (TPSA) is 61.6 Å². The van der Waals surface area contributed by atoms with Crippen LogP contribution in [0.2, 0.25) is 0 Å². The van der Waals surface area contributed by atoms with Crippen LogP contribution in [-0.2, 0) is 0 Å². The van der Waals surface area contributed by atoms with Gasteiger partial charge in [-0.15, -0.1) is 0 Å². The van der Waals surface area contributed by atoms with Gasteiger partial charge in [-0.1, -0.05) is 0 Å². The number of nitrogens with one attached hydrogen (secondary N) is 1. The first-order chi connectivity index (χ1) is 8.19. The molecule has 0 aliphatic carbocycles. The maximum absolute atomic E-state index is 12.9. The fourth-order valence-electron chi connectivity index (χ4n) is 1.20. The lowest BCUT2D eigenvalue weighted by molar-refractivity contribution is 0.509. The fraction of sp³-hybridized carbons (Fsp3) is 0. The molecule has 0 radical (unpaired) electrons. The average molecular weight is 232 g/mol. The summed E-state index contributed by atoms with van der Waals surface area (Å²) < 4.78 is 25.6. The van der Waals surface area contributed by atoms with Gasteiger partial charge in [0.2, 0.25) is 5.82 Å². The monoisotopic (exact) mass is 232 g/mol. The van der Waals surface area contributed by atoms with Crippen LogP contribution in [0.4, 0.5) is 20.3 Å². The maximum atomic E-state index is 12.9. The van der Waals surface area contributed by atoms with Gasteiger partial charge in [-0.05, 0) is 18.2 Å². The van der Waals surface area contributed by atoms with Crippen molar-refractivity contribution >= 4 is 11.5 Å². The van der Waals surface area contributed by atoms with Crippen LogP contribution in [0.1, 0.15) is 5.82 Å². The number of hydrogen-bond acceptors (Lipinski definition) is 4. The van der Waals surface area contributed by atoms with Gasteiger partial charge in [0.1, 0.15) is 11.9 Å². The molecule has 0 fully saturated rings. The molecule has 17 heavy (non-hydrogen) atoms. The Hall–Kier alpha value is -2.55. The molecule has 4 nitrogen and oxygen atoms in total. The molecule has 1 N–H and O–H groups in total. The van der Waals surface area contributed by atoms with Crippen molar-refractivity contribution in [2.45, 2.75) is 0 Å². The van der Waals surface area contributed by atoms with Crippen molar-refractivity contribution in [2.24, 2.45) is 0 Å². The molecule has 0 saturated heterocycles. The van der Waals surface area contributed by atoms with Gasteiger partial charge in [0.05, 0.1) is 0 Å². The summed E-state index contributed by atoms with van der Waals surface area (Å²) in [6.45, 7) is 0. The molecule has 2 aromatic rings. The number of nitrogens with zero attached hydrogens (tertiary/aromatic N) is 3. The normalized spacial score (nSPS) is 9.71. The van der Waals surface area contributed by atoms with Gasteiger partial charge in [0.15, 0.2) is 11.6 Å².